The van der Waals surface area contributed by atoms with Gasteiger partial charge in [0.1, 0.15) is 17.3 Å². The number of furan rings is 1. The molecule has 0 aliphatic heterocycles. The molecule has 6 aliphatic carbocycles. The Bertz CT molecular complexity index is 2240. The zero-order valence-corrected chi connectivity index (χ0v) is 34.7. The highest BCUT2D eigenvalue weighted by Crippen LogP contribution is 2.78. The fourth-order valence-corrected chi connectivity index (χ4v) is 12.3. The van der Waals surface area contributed by atoms with Crippen molar-refractivity contribution in [1.82, 2.24) is 4.90 Å². The van der Waals surface area contributed by atoms with Crippen LogP contribution in [-0.2, 0) is 17.5 Å². The number of ether oxygens (including phenoxy) is 3. The van der Waals surface area contributed by atoms with Crippen molar-refractivity contribution in [3.8, 4) is 22.8 Å². The molecule has 316 valence electrons. The van der Waals surface area contributed by atoms with Crippen LogP contribution in [0.25, 0.3) is 11.3 Å². The lowest BCUT2D eigenvalue weighted by atomic mass is 9.32. The molecule has 3 saturated carbocycles. The smallest absolute Gasteiger partial charge is 0.416 e. The van der Waals surface area contributed by atoms with E-state index in [1.807, 2.05) is 12.1 Å². The largest absolute Gasteiger partial charge is 0.497 e. The van der Waals surface area contributed by atoms with Gasteiger partial charge in [-0.05, 0) is 112 Å². The van der Waals surface area contributed by atoms with Gasteiger partial charge in [0.25, 0.3) is 0 Å². The van der Waals surface area contributed by atoms with E-state index in [0.29, 0.717) is 61.2 Å². The lowest BCUT2D eigenvalue weighted by molar-refractivity contribution is -0.175. The number of carbonyl (C=O) groups excluding carboxylic acids is 2. The fraction of sp³-hybridized carbons (Fsp3) is 0.522. The lowest BCUT2D eigenvalue weighted by Gasteiger charge is -2.71. The summed E-state index contributed by atoms with van der Waals surface area (Å²) in [5.74, 6) is 0.432. The van der Waals surface area contributed by atoms with Gasteiger partial charge in [-0.1, -0.05) is 43.7 Å². The zero-order chi connectivity index (χ0) is 42.3. The second kappa shape index (κ2) is 14.4. The van der Waals surface area contributed by atoms with Gasteiger partial charge in [0.15, 0.2) is 5.76 Å². The molecule has 3 aromatic rings. The maximum Gasteiger partial charge on any atom is 0.416 e. The van der Waals surface area contributed by atoms with Crippen LogP contribution in [0.1, 0.15) is 87.4 Å². The van der Waals surface area contributed by atoms with E-state index in [4.69, 9.17) is 30.2 Å². The molecule has 1 unspecified atom stereocenters. The number of halogens is 4. The van der Waals surface area contributed by atoms with E-state index in [2.05, 4.69) is 26.0 Å². The van der Waals surface area contributed by atoms with Crippen molar-refractivity contribution in [1.29, 1.82) is 0 Å². The number of benzene rings is 2. The van der Waals surface area contributed by atoms with Gasteiger partial charge in [0, 0.05) is 39.0 Å². The van der Waals surface area contributed by atoms with E-state index in [0.717, 1.165) is 24.6 Å². The number of carbonyl (C=O) groups is 2. The average Bonchev–Trinajstić information content (AvgIpc) is 3.79. The van der Waals surface area contributed by atoms with Crippen molar-refractivity contribution in [2.24, 2.45) is 33.5 Å². The lowest BCUT2D eigenvalue weighted by Crippen LogP contribution is -2.67. The summed E-state index contributed by atoms with van der Waals surface area (Å²) >= 11 is 6.39. The number of amides is 1. The van der Waals surface area contributed by atoms with Crippen LogP contribution in [0.3, 0.4) is 0 Å². The standard InChI is InChI=1S/C46H51ClF3NO8/c1-6-58-40(54)51(25-27-7-9-30(56-4)22-36(27)57-5)26-44(55)18-15-38-42(44,3)17-14-37-41(2)16-13-29(52)23-43(41)19-20-45(37,38)32(24-43)39(53)35-12-11-34(59-35)31-21-28(46(48,49)50)8-10-33(31)47/h7-12,19-22,24,29,37-38,52,55H,6,13-18,23,25-26H2,1-5H3/t29?,37-,38-,41-,42+,43+,44-,45-/m1/s1. The minimum absolute atomic E-state index is 0.0155. The molecule has 6 aliphatic rings. The third-order valence-corrected chi connectivity index (χ3v) is 15.5. The quantitative estimate of drug-likeness (QED) is 0.153. The predicted molar refractivity (Wildman–Crippen MR) is 214 cm³/mol. The Morgan fingerprint density at radius 2 is 1.68 bits per heavy atom. The molecule has 1 aromatic heterocycles. The van der Waals surface area contributed by atoms with Gasteiger partial charge in [-0.2, -0.15) is 13.2 Å². The molecule has 59 heavy (non-hydrogen) atoms. The van der Waals surface area contributed by atoms with Gasteiger partial charge in [0.05, 0.1) is 56.2 Å². The van der Waals surface area contributed by atoms with E-state index in [9.17, 15) is 28.2 Å². The number of rotatable bonds is 10. The summed E-state index contributed by atoms with van der Waals surface area (Å²) in [6, 6.07) is 11.3. The van der Waals surface area contributed by atoms with Gasteiger partial charge >= 0.3 is 12.3 Å². The molecule has 3 fully saturated rings. The Balaban J connectivity index is 1.19. The Hall–Kier alpha value is -4.26. The molecule has 8 atom stereocenters. The van der Waals surface area contributed by atoms with Crippen LogP contribution in [0.5, 0.6) is 11.5 Å². The number of aliphatic hydroxyl groups is 2. The molecule has 9 rings (SSSR count). The number of ketones is 1. The van der Waals surface area contributed by atoms with Crippen LogP contribution < -0.4 is 9.47 Å². The van der Waals surface area contributed by atoms with Gasteiger partial charge < -0.3 is 33.7 Å². The highest BCUT2D eigenvalue weighted by atomic mass is 35.5. The molecule has 0 saturated heterocycles. The highest BCUT2D eigenvalue weighted by molar-refractivity contribution is 6.33. The molecule has 2 bridgehead atoms. The Kier molecular flexibility index (Phi) is 10.2. The number of allylic oxidation sites excluding steroid dienone is 4. The summed E-state index contributed by atoms with van der Waals surface area (Å²) < 4.78 is 63.8. The van der Waals surface area contributed by atoms with Crippen LogP contribution in [0.4, 0.5) is 18.0 Å². The van der Waals surface area contributed by atoms with Crippen molar-refractivity contribution in [3.63, 3.8) is 0 Å². The first-order valence-electron chi connectivity index (χ1n) is 20.4. The second-order valence-electron chi connectivity index (χ2n) is 17.7. The van der Waals surface area contributed by atoms with E-state index in [1.54, 1.807) is 33.3 Å². The maximum absolute atomic E-state index is 15.1. The van der Waals surface area contributed by atoms with Crippen molar-refractivity contribution >= 4 is 23.5 Å². The van der Waals surface area contributed by atoms with Crippen LogP contribution in [-0.4, -0.2) is 66.1 Å². The molecule has 1 amide bonds. The van der Waals surface area contributed by atoms with Crippen molar-refractivity contribution in [2.45, 2.75) is 90.1 Å². The molecule has 2 spiro atoms. The Morgan fingerprint density at radius 1 is 0.949 bits per heavy atom. The first-order chi connectivity index (χ1) is 27.9. The number of hydrogen-bond donors (Lipinski definition) is 2. The minimum atomic E-state index is -4.61. The topological polar surface area (TPSA) is 119 Å². The summed E-state index contributed by atoms with van der Waals surface area (Å²) in [7, 11) is 3.10. The zero-order valence-electron chi connectivity index (χ0n) is 34.0. The van der Waals surface area contributed by atoms with Gasteiger partial charge in [-0.3, -0.25) is 4.79 Å². The Morgan fingerprint density at radius 3 is 2.39 bits per heavy atom. The number of nitrogens with zero attached hydrogens (tertiary/aromatic N) is 1. The summed E-state index contributed by atoms with van der Waals surface area (Å²) in [6.07, 6.45) is 4.67. The SMILES string of the molecule is CCOC(=O)N(Cc1ccc(OC)cc1OC)C[C@]1(O)CC[C@H]2[C@]34C=C[C@@]5(C=C3C(=O)c3ccc(-c6cc(C(F)(F)F)ccc6Cl)o3)CC(O)CC[C@]5(C)[C@H]4CC[C@@]21C. The molecular formula is C46H51ClF3NO8. The summed E-state index contributed by atoms with van der Waals surface area (Å²) in [5.41, 5.74) is -3.63. The summed E-state index contributed by atoms with van der Waals surface area (Å²) in [6.45, 7) is 6.30. The van der Waals surface area contributed by atoms with Gasteiger partial charge in [0.2, 0.25) is 5.78 Å². The minimum Gasteiger partial charge on any atom is -0.497 e. The Labute approximate surface area is 347 Å². The van der Waals surface area contributed by atoms with E-state index < -0.39 is 51.6 Å². The van der Waals surface area contributed by atoms with Gasteiger partial charge in [-0.15, -0.1) is 0 Å². The first-order valence-corrected chi connectivity index (χ1v) is 20.7. The number of Topliss-reactive ketones (excluding diaryl/α,β-unsaturated/α-hetero) is 1. The molecule has 2 N–H and O–H groups in total. The highest BCUT2D eigenvalue weighted by Gasteiger charge is 2.74. The molecular weight excluding hydrogens is 787 g/mol. The van der Waals surface area contributed by atoms with E-state index in [1.165, 1.54) is 17.0 Å². The maximum atomic E-state index is 15.1. The van der Waals surface area contributed by atoms with Gasteiger partial charge in [-0.25, -0.2) is 4.79 Å². The van der Waals surface area contributed by atoms with E-state index in [-0.39, 0.29) is 59.1 Å². The van der Waals surface area contributed by atoms with E-state index >= 15 is 4.79 Å². The number of fused-ring (bicyclic) bond motifs is 1. The number of alkyl halides is 3. The first kappa shape index (κ1) is 41.5. The second-order valence-corrected chi connectivity index (χ2v) is 18.1. The third kappa shape index (κ3) is 6.25. The predicted octanol–water partition coefficient (Wildman–Crippen LogP) is 10.1. The number of aliphatic hydroxyl groups excluding tert-OH is 1. The molecule has 0 radical (unpaired) electrons. The van der Waals surface area contributed by atoms with Crippen molar-refractivity contribution in [2.75, 3.05) is 27.4 Å². The molecule has 9 nitrogen and oxygen atoms in total. The summed E-state index contributed by atoms with van der Waals surface area (Å²) in [4.78, 5) is 30.4. The van der Waals surface area contributed by atoms with Crippen LogP contribution in [0.15, 0.2) is 76.7 Å². The normalized spacial score (nSPS) is 33.1. The molecule has 2 aromatic carbocycles. The van der Waals surface area contributed by atoms with Crippen molar-refractivity contribution < 1.29 is 51.6 Å². The van der Waals surface area contributed by atoms with Crippen LogP contribution in [0.2, 0.25) is 5.02 Å². The molecule has 1 heterocycles. The van der Waals surface area contributed by atoms with Crippen LogP contribution in [0, 0.1) is 33.5 Å². The third-order valence-electron chi connectivity index (χ3n) is 15.2. The molecule has 13 heteroatoms. The monoisotopic (exact) mass is 837 g/mol. The number of methoxy groups -OCH3 is 2. The fourth-order valence-electron chi connectivity index (χ4n) is 12.1. The average molecular weight is 838 g/mol. The van der Waals surface area contributed by atoms with Crippen molar-refractivity contribution in [3.05, 3.63) is 94.2 Å². The number of hydrogen-bond acceptors (Lipinski definition) is 8. The summed E-state index contributed by atoms with van der Waals surface area (Å²) in [5, 5.41) is 24.2. The van der Waals surface area contributed by atoms with Crippen LogP contribution >= 0.6 is 11.6 Å².